The maximum atomic E-state index is 3.47. The van der Waals surface area contributed by atoms with Crippen LogP contribution >= 0.6 is 0 Å². The Kier molecular flexibility index (Phi) is 14.6. The second-order valence-electron chi connectivity index (χ2n) is 10.8. The number of anilines is 3. The van der Waals surface area contributed by atoms with Gasteiger partial charge >= 0.3 is 0 Å². The molecule has 0 spiro atoms. The molecular formula is C42H48N4. The van der Waals surface area contributed by atoms with Crippen molar-refractivity contribution in [2.24, 2.45) is 0 Å². The zero-order chi connectivity index (χ0) is 32.1. The molecule has 0 unspecified atom stereocenters. The summed E-state index contributed by atoms with van der Waals surface area (Å²) in [6.07, 6.45) is 8.96. The average molecular weight is 609 g/mol. The van der Waals surface area contributed by atoms with Crippen LogP contribution < -0.4 is 21.3 Å². The molecule has 0 bridgehead atoms. The number of rotatable bonds is 12. The third kappa shape index (κ3) is 12.4. The minimum Gasteiger partial charge on any atom is -0.381 e. The minimum atomic E-state index is 0.836. The van der Waals surface area contributed by atoms with Gasteiger partial charge in [-0.15, -0.1) is 0 Å². The smallest absolute Gasteiger partial charge is 0.0400 e. The molecule has 4 nitrogen and oxygen atoms in total. The Morgan fingerprint density at radius 1 is 0.413 bits per heavy atom. The molecule has 0 saturated carbocycles. The van der Waals surface area contributed by atoms with Crippen LogP contribution in [0.15, 0.2) is 163 Å². The quantitative estimate of drug-likeness (QED) is 0.114. The van der Waals surface area contributed by atoms with Gasteiger partial charge in [-0.2, -0.15) is 0 Å². The summed E-state index contributed by atoms with van der Waals surface area (Å²) >= 11 is 0. The highest BCUT2D eigenvalue weighted by Crippen LogP contribution is 2.14. The van der Waals surface area contributed by atoms with E-state index >= 15 is 0 Å². The molecule has 0 saturated heterocycles. The standard InChI is InChI=1S/C20H20N2.C20H22N2.C2H6/c1-3-10-19(11-4-1)21-15-17-8-7-9-18(14-17)16-22-20-12-5-2-6-13-20;1-3-7-19(8-4-1)21-15-17-11-13-18(14-12-17)16-22-20-9-5-2-6-10-20;1-2/h1-14,21-22H,15-16H2;1,3-5,7-14,21-22H,2,6,15-16H2;1-2H3. The molecule has 4 N–H and O–H groups in total. The van der Waals surface area contributed by atoms with Gasteiger partial charge in [0.1, 0.15) is 0 Å². The van der Waals surface area contributed by atoms with Crippen LogP contribution in [0, 0.1) is 0 Å². The lowest BCUT2D eigenvalue weighted by Gasteiger charge is -2.11. The van der Waals surface area contributed by atoms with Gasteiger partial charge in [0.25, 0.3) is 0 Å². The summed E-state index contributed by atoms with van der Waals surface area (Å²) in [5.74, 6) is 0. The number of benzene rings is 5. The number of nitrogens with one attached hydrogen (secondary N) is 4. The van der Waals surface area contributed by atoms with Gasteiger partial charge in [0.05, 0.1) is 0 Å². The van der Waals surface area contributed by atoms with Gasteiger partial charge in [0, 0.05) is 48.9 Å². The normalized spacial score (nSPS) is 11.5. The predicted molar refractivity (Wildman–Crippen MR) is 199 cm³/mol. The van der Waals surface area contributed by atoms with Crippen molar-refractivity contribution >= 4 is 17.1 Å². The fourth-order valence-electron chi connectivity index (χ4n) is 4.85. The van der Waals surface area contributed by atoms with Crippen molar-refractivity contribution in [1.29, 1.82) is 0 Å². The zero-order valence-corrected chi connectivity index (χ0v) is 27.3. The van der Waals surface area contributed by atoms with Gasteiger partial charge in [-0.1, -0.05) is 129 Å². The van der Waals surface area contributed by atoms with Crippen LogP contribution in [0.5, 0.6) is 0 Å². The van der Waals surface area contributed by atoms with E-state index < -0.39 is 0 Å². The van der Waals surface area contributed by atoms with Crippen LogP contribution in [0.4, 0.5) is 17.1 Å². The number of hydrogen-bond acceptors (Lipinski definition) is 4. The first-order valence-corrected chi connectivity index (χ1v) is 16.4. The second kappa shape index (κ2) is 19.9. The molecular weight excluding hydrogens is 560 g/mol. The van der Waals surface area contributed by atoms with E-state index in [2.05, 4.69) is 124 Å². The summed E-state index contributed by atoms with van der Waals surface area (Å²) in [4.78, 5) is 0. The van der Waals surface area contributed by atoms with Crippen molar-refractivity contribution < 1.29 is 0 Å². The van der Waals surface area contributed by atoms with Gasteiger partial charge in [-0.25, -0.2) is 0 Å². The second-order valence-corrected chi connectivity index (χ2v) is 10.8. The Bertz CT molecular complexity index is 1520. The topological polar surface area (TPSA) is 48.1 Å². The van der Waals surface area contributed by atoms with Crippen molar-refractivity contribution in [3.8, 4) is 0 Å². The molecule has 1 aliphatic rings. The summed E-state index contributed by atoms with van der Waals surface area (Å²) in [7, 11) is 0. The van der Waals surface area contributed by atoms with E-state index in [4.69, 9.17) is 0 Å². The lowest BCUT2D eigenvalue weighted by molar-refractivity contribution is 0.812. The average Bonchev–Trinajstić information content (AvgIpc) is 3.15. The molecule has 0 atom stereocenters. The first-order chi connectivity index (χ1) is 22.8. The Morgan fingerprint density at radius 3 is 1.24 bits per heavy atom. The van der Waals surface area contributed by atoms with E-state index in [1.807, 2.05) is 68.4 Å². The summed E-state index contributed by atoms with van der Waals surface area (Å²) in [6.45, 7) is 7.40. The minimum absolute atomic E-state index is 0.836. The lowest BCUT2D eigenvalue weighted by Crippen LogP contribution is -2.12. The molecule has 5 aromatic carbocycles. The van der Waals surface area contributed by atoms with Crippen LogP contribution in [0.3, 0.4) is 0 Å². The van der Waals surface area contributed by atoms with Gasteiger partial charge in [-0.3, -0.25) is 0 Å². The van der Waals surface area contributed by atoms with Crippen molar-refractivity contribution in [1.82, 2.24) is 5.32 Å². The SMILES string of the molecule is C1=CC(NCc2ccc(CNc3ccccc3)cc2)=CCC1.CC.c1ccc(NCc2cccc(CNc3ccccc3)c2)cc1. The molecule has 0 radical (unpaired) electrons. The van der Waals surface area contributed by atoms with Crippen molar-refractivity contribution in [3.05, 3.63) is 186 Å². The largest absolute Gasteiger partial charge is 0.381 e. The molecule has 0 heterocycles. The van der Waals surface area contributed by atoms with Crippen molar-refractivity contribution in [2.45, 2.75) is 52.9 Å². The number of allylic oxidation sites excluding steroid dienone is 3. The van der Waals surface area contributed by atoms with E-state index in [-0.39, 0.29) is 0 Å². The summed E-state index contributed by atoms with van der Waals surface area (Å²) < 4.78 is 0. The van der Waals surface area contributed by atoms with E-state index in [0.29, 0.717) is 0 Å². The van der Waals surface area contributed by atoms with E-state index in [9.17, 15) is 0 Å². The Morgan fingerprint density at radius 2 is 0.826 bits per heavy atom. The highest BCUT2D eigenvalue weighted by atomic mass is 14.9. The predicted octanol–water partition coefficient (Wildman–Crippen LogP) is 10.6. The maximum Gasteiger partial charge on any atom is 0.0400 e. The molecule has 5 aromatic rings. The van der Waals surface area contributed by atoms with Crippen LogP contribution in [-0.4, -0.2) is 0 Å². The summed E-state index contributed by atoms with van der Waals surface area (Å²) in [6, 6.07) is 48.3. The van der Waals surface area contributed by atoms with Gasteiger partial charge in [0.15, 0.2) is 0 Å². The monoisotopic (exact) mass is 608 g/mol. The zero-order valence-electron chi connectivity index (χ0n) is 27.3. The highest BCUT2D eigenvalue weighted by molar-refractivity contribution is 5.45. The molecule has 0 aromatic heterocycles. The Labute approximate surface area is 276 Å². The van der Waals surface area contributed by atoms with Crippen molar-refractivity contribution in [3.63, 3.8) is 0 Å². The lowest BCUT2D eigenvalue weighted by atomic mass is 10.1. The number of hydrogen-bond donors (Lipinski definition) is 4. The summed E-state index contributed by atoms with van der Waals surface area (Å²) in [5.41, 5.74) is 9.87. The highest BCUT2D eigenvalue weighted by Gasteiger charge is 2.00. The maximum absolute atomic E-state index is 3.47. The van der Waals surface area contributed by atoms with E-state index in [1.165, 1.54) is 28.0 Å². The van der Waals surface area contributed by atoms with Gasteiger partial charge in [-0.05, 0) is 77.6 Å². The third-order valence-corrected chi connectivity index (χ3v) is 7.32. The van der Waals surface area contributed by atoms with E-state index in [1.54, 1.807) is 0 Å². The Balaban J connectivity index is 0.000000198. The van der Waals surface area contributed by atoms with Crippen molar-refractivity contribution in [2.75, 3.05) is 16.0 Å². The van der Waals surface area contributed by atoms with Crippen LogP contribution in [0.1, 0.15) is 48.9 Å². The summed E-state index contributed by atoms with van der Waals surface area (Å²) in [5, 5.41) is 13.8. The van der Waals surface area contributed by atoms with Gasteiger partial charge < -0.3 is 21.3 Å². The molecule has 1 aliphatic carbocycles. The fraction of sp³-hybridized carbons (Fsp3) is 0.190. The van der Waals surface area contributed by atoms with Crippen LogP contribution in [0.25, 0.3) is 0 Å². The van der Waals surface area contributed by atoms with Gasteiger partial charge in [0.2, 0.25) is 0 Å². The molecule has 236 valence electrons. The molecule has 4 heteroatoms. The first-order valence-electron chi connectivity index (χ1n) is 16.4. The molecule has 0 amide bonds. The fourth-order valence-corrected chi connectivity index (χ4v) is 4.85. The molecule has 6 rings (SSSR count). The first kappa shape index (κ1) is 33.7. The molecule has 0 aliphatic heterocycles. The van der Waals surface area contributed by atoms with E-state index in [0.717, 1.165) is 56.1 Å². The molecule has 46 heavy (non-hydrogen) atoms. The van der Waals surface area contributed by atoms with Crippen LogP contribution in [0.2, 0.25) is 0 Å². The third-order valence-electron chi connectivity index (χ3n) is 7.32. The molecule has 0 fully saturated rings. The number of para-hydroxylation sites is 3. The Hall–Kier alpha value is -5.22. The van der Waals surface area contributed by atoms with Crippen LogP contribution in [-0.2, 0) is 26.2 Å².